The molecule has 1 amide bonds. The number of carboxylic acids is 1. The maximum Gasteiger partial charge on any atom is 0.308 e. The van der Waals surface area contributed by atoms with Gasteiger partial charge in [-0.05, 0) is 51.8 Å². The van der Waals surface area contributed by atoms with Crippen molar-refractivity contribution in [2.45, 2.75) is 39.7 Å². The van der Waals surface area contributed by atoms with Gasteiger partial charge < -0.3 is 10.0 Å². The Hall–Kier alpha value is -2.70. The number of pyridine rings is 1. The first-order valence-electron chi connectivity index (χ1n) is 8.42. The first-order chi connectivity index (χ1) is 11.9. The van der Waals surface area contributed by atoms with Crippen LogP contribution in [0, 0.1) is 19.8 Å². The van der Waals surface area contributed by atoms with Gasteiger partial charge in [0.15, 0.2) is 5.82 Å². The summed E-state index contributed by atoms with van der Waals surface area (Å²) >= 11 is 0. The van der Waals surface area contributed by atoms with E-state index in [-0.39, 0.29) is 11.9 Å². The molecule has 1 fully saturated rings. The van der Waals surface area contributed by atoms with Crippen molar-refractivity contribution >= 4 is 11.9 Å². The monoisotopic (exact) mass is 342 g/mol. The Balaban J connectivity index is 1.81. The summed E-state index contributed by atoms with van der Waals surface area (Å²) in [6.07, 6.45) is 2.84. The van der Waals surface area contributed by atoms with E-state index in [1.165, 1.54) is 6.20 Å². The average Bonchev–Trinajstić information content (AvgIpc) is 2.92. The molecule has 1 saturated heterocycles. The van der Waals surface area contributed by atoms with Crippen molar-refractivity contribution in [1.82, 2.24) is 19.7 Å². The van der Waals surface area contributed by atoms with E-state index in [0.717, 1.165) is 11.4 Å². The number of aryl methyl sites for hydroxylation is 2. The molecule has 1 aliphatic heterocycles. The summed E-state index contributed by atoms with van der Waals surface area (Å²) in [7, 11) is 0. The molecule has 0 aliphatic carbocycles. The van der Waals surface area contributed by atoms with E-state index in [2.05, 4.69) is 10.1 Å². The van der Waals surface area contributed by atoms with Crippen LogP contribution in [-0.4, -0.2) is 49.2 Å². The van der Waals surface area contributed by atoms with Crippen LogP contribution in [0.2, 0.25) is 0 Å². The fourth-order valence-corrected chi connectivity index (χ4v) is 3.42. The molecule has 1 N–H and O–H groups in total. The molecule has 0 aromatic carbocycles. The van der Waals surface area contributed by atoms with Gasteiger partial charge in [0, 0.05) is 24.5 Å². The molecule has 0 bridgehead atoms. The number of nitrogens with zero attached hydrogens (tertiary/aromatic N) is 4. The molecule has 2 atom stereocenters. The first-order valence-corrected chi connectivity index (χ1v) is 8.42. The van der Waals surface area contributed by atoms with E-state index in [1.807, 2.05) is 19.9 Å². The third-order valence-electron chi connectivity index (χ3n) is 4.79. The lowest BCUT2D eigenvalue weighted by atomic mass is 9.90. The Morgan fingerprint density at radius 2 is 2.04 bits per heavy atom. The molecule has 3 rings (SSSR count). The number of aromatic nitrogens is 3. The number of hydrogen-bond acceptors (Lipinski definition) is 4. The molecule has 7 heteroatoms. The van der Waals surface area contributed by atoms with Crippen molar-refractivity contribution in [2.75, 3.05) is 6.54 Å². The summed E-state index contributed by atoms with van der Waals surface area (Å²) in [6, 6.07) is 5.12. The van der Waals surface area contributed by atoms with E-state index in [4.69, 9.17) is 0 Å². The zero-order valence-corrected chi connectivity index (χ0v) is 14.6. The van der Waals surface area contributed by atoms with Gasteiger partial charge in [-0.3, -0.25) is 9.59 Å². The number of aliphatic carboxylic acids is 1. The van der Waals surface area contributed by atoms with Crippen molar-refractivity contribution in [3.63, 3.8) is 0 Å². The molecule has 2 aromatic rings. The van der Waals surface area contributed by atoms with Crippen molar-refractivity contribution < 1.29 is 14.7 Å². The Labute approximate surface area is 146 Å². The van der Waals surface area contributed by atoms with E-state index in [0.29, 0.717) is 30.8 Å². The second kappa shape index (κ2) is 6.66. The number of likely N-dealkylation sites (tertiary alicyclic amines) is 1. The van der Waals surface area contributed by atoms with Crippen LogP contribution in [-0.2, 0) is 4.79 Å². The number of carbonyl (C=O) groups excluding carboxylic acids is 1. The van der Waals surface area contributed by atoms with E-state index >= 15 is 0 Å². The van der Waals surface area contributed by atoms with Gasteiger partial charge in [-0.25, -0.2) is 9.67 Å². The Kier molecular flexibility index (Phi) is 4.57. The minimum atomic E-state index is -0.844. The topological polar surface area (TPSA) is 88.3 Å². The van der Waals surface area contributed by atoms with E-state index < -0.39 is 11.9 Å². The molecular weight excluding hydrogens is 320 g/mol. The molecule has 0 spiro atoms. The lowest BCUT2D eigenvalue weighted by molar-refractivity contribution is -0.144. The zero-order chi connectivity index (χ0) is 18.1. The lowest BCUT2D eigenvalue weighted by Gasteiger charge is -2.37. The second-order valence-corrected chi connectivity index (χ2v) is 6.57. The summed E-state index contributed by atoms with van der Waals surface area (Å²) in [5.74, 6) is -0.884. The molecule has 0 unspecified atom stereocenters. The van der Waals surface area contributed by atoms with Crippen molar-refractivity contribution in [2.24, 2.45) is 5.92 Å². The highest BCUT2D eigenvalue weighted by atomic mass is 16.4. The summed E-state index contributed by atoms with van der Waals surface area (Å²) in [5, 5.41) is 13.7. The molecule has 132 valence electrons. The predicted octanol–water partition coefficient (Wildman–Crippen LogP) is 2.21. The fourth-order valence-electron chi connectivity index (χ4n) is 3.42. The molecule has 0 radical (unpaired) electrons. The third kappa shape index (κ3) is 3.26. The first kappa shape index (κ1) is 17.1. The van der Waals surface area contributed by atoms with Gasteiger partial charge >= 0.3 is 5.97 Å². The van der Waals surface area contributed by atoms with Crippen LogP contribution < -0.4 is 0 Å². The molecule has 2 aromatic heterocycles. The molecule has 3 heterocycles. The summed E-state index contributed by atoms with van der Waals surface area (Å²) in [4.78, 5) is 30.1. The van der Waals surface area contributed by atoms with Crippen LogP contribution in [0.3, 0.4) is 0 Å². The highest BCUT2D eigenvalue weighted by Crippen LogP contribution is 2.25. The van der Waals surface area contributed by atoms with Gasteiger partial charge in [-0.1, -0.05) is 0 Å². The maximum atomic E-state index is 12.8. The average molecular weight is 342 g/mol. The van der Waals surface area contributed by atoms with Crippen molar-refractivity contribution in [3.8, 4) is 5.82 Å². The van der Waals surface area contributed by atoms with Crippen LogP contribution in [0.5, 0.6) is 0 Å². The minimum Gasteiger partial charge on any atom is -0.481 e. The fraction of sp³-hybridized carbons (Fsp3) is 0.444. The Morgan fingerprint density at radius 3 is 2.60 bits per heavy atom. The van der Waals surface area contributed by atoms with E-state index in [9.17, 15) is 14.7 Å². The number of piperidine rings is 1. The van der Waals surface area contributed by atoms with Gasteiger partial charge in [-0.2, -0.15) is 5.10 Å². The minimum absolute atomic E-state index is 0.175. The molecule has 1 aliphatic rings. The highest BCUT2D eigenvalue weighted by Gasteiger charge is 2.35. The standard InChI is InChI=1S/C18H22N4O3/c1-11-9-12(2)22(20-11)16-7-6-14(10-19-16)17(23)21-8-4-5-15(13(21)3)18(24)25/h6-7,9-10,13,15H,4-5,8H2,1-3H3,(H,24,25)/t13-,15-/m1/s1. The van der Waals surface area contributed by atoms with Gasteiger partial charge in [0.2, 0.25) is 0 Å². The van der Waals surface area contributed by atoms with Crippen LogP contribution in [0.4, 0.5) is 0 Å². The normalized spacial score (nSPS) is 20.5. The van der Waals surface area contributed by atoms with Crippen LogP contribution in [0.25, 0.3) is 5.82 Å². The number of rotatable bonds is 3. The van der Waals surface area contributed by atoms with Crippen molar-refractivity contribution in [3.05, 3.63) is 41.3 Å². The number of amides is 1. The number of carbonyl (C=O) groups is 2. The Morgan fingerprint density at radius 1 is 1.28 bits per heavy atom. The van der Waals surface area contributed by atoms with Crippen LogP contribution in [0.1, 0.15) is 41.5 Å². The summed E-state index contributed by atoms with van der Waals surface area (Å²) in [5.41, 5.74) is 2.34. The SMILES string of the molecule is Cc1cc(C)n(-c2ccc(C(=O)N3CCC[C@@H](C(=O)O)[C@H]3C)cn2)n1. The van der Waals surface area contributed by atoms with Gasteiger partial charge in [0.1, 0.15) is 0 Å². The zero-order valence-electron chi connectivity index (χ0n) is 14.6. The van der Waals surface area contributed by atoms with Crippen LogP contribution in [0.15, 0.2) is 24.4 Å². The lowest BCUT2D eigenvalue weighted by Crippen LogP contribution is -2.49. The second-order valence-electron chi connectivity index (χ2n) is 6.57. The predicted molar refractivity (Wildman–Crippen MR) is 91.7 cm³/mol. The Bertz CT molecular complexity index is 797. The van der Waals surface area contributed by atoms with Gasteiger partial charge in [0.25, 0.3) is 5.91 Å². The summed E-state index contributed by atoms with van der Waals surface area (Å²) < 4.78 is 1.73. The molecule has 0 saturated carbocycles. The number of hydrogen-bond donors (Lipinski definition) is 1. The summed E-state index contributed by atoms with van der Waals surface area (Å²) in [6.45, 7) is 6.23. The quantitative estimate of drug-likeness (QED) is 0.924. The highest BCUT2D eigenvalue weighted by molar-refractivity contribution is 5.94. The largest absolute Gasteiger partial charge is 0.481 e. The molecular formula is C18H22N4O3. The van der Waals surface area contributed by atoms with Gasteiger partial charge in [-0.15, -0.1) is 0 Å². The van der Waals surface area contributed by atoms with Crippen LogP contribution >= 0.6 is 0 Å². The van der Waals surface area contributed by atoms with E-state index in [1.54, 1.807) is 28.6 Å². The maximum absolute atomic E-state index is 12.8. The molecule has 25 heavy (non-hydrogen) atoms. The smallest absolute Gasteiger partial charge is 0.308 e. The van der Waals surface area contributed by atoms with Crippen molar-refractivity contribution in [1.29, 1.82) is 0 Å². The third-order valence-corrected chi connectivity index (χ3v) is 4.79. The number of carboxylic acid groups (broad SMARTS) is 1. The van der Waals surface area contributed by atoms with Gasteiger partial charge in [0.05, 0.1) is 17.2 Å². The molecule has 7 nitrogen and oxygen atoms in total.